The van der Waals surface area contributed by atoms with E-state index in [1.54, 1.807) is 19.0 Å². The first-order valence-electron chi connectivity index (χ1n) is 14.0. The van der Waals surface area contributed by atoms with Crippen molar-refractivity contribution in [2.45, 2.75) is 44.1 Å². The highest BCUT2D eigenvalue weighted by Gasteiger charge is 2.45. The lowest BCUT2D eigenvalue weighted by molar-refractivity contribution is 0.0827. The molecule has 41 heavy (non-hydrogen) atoms. The van der Waals surface area contributed by atoms with Gasteiger partial charge in [0.05, 0.1) is 5.41 Å². The van der Waals surface area contributed by atoms with Crippen molar-refractivity contribution in [3.05, 3.63) is 118 Å². The van der Waals surface area contributed by atoms with Crippen LogP contribution < -0.4 is 5.73 Å². The Balaban J connectivity index is 1.71. The molecule has 1 unspecified atom stereocenters. The third kappa shape index (κ3) is 5.39. The predicted octanol–water partition coefficient (Wildman–Crippen LogP) is 4.14. The Labute approximate surface area is 242 Å². The number of nitrogens with zero attached hydrogens (tertiary/aromatic N) is 5. The average Bonchev–Trinajstić information content (AvgIpc) is 3.46. The maximum Gasteiger partial charge on any atom is 0.253 e. The van der Waals surface area contributed by atoms with E-state index in [9.17, 15) is 4.79 Å². The molecule has 0 radical (unpaired) electrons. The van der Waals surface area contributed by atoms with Gasteiger partial charge in [0.15, 0.2) is 5.82 Å². The Morgan fingerprint density at radius 2 is 1.56 bits per heavy atom. The molecule has 1 aromatic heterocycles. The van der Waals surface area contributed by atoms with Crippen LogP contribution in [0, 0.1) is 6.92 Å². The quantitative estimate of drug-likeness (QED) is 0.343. The van der Waals surface area contributed by atoms with E-state index < -0.39 is 5.41 Å². The molecule has 0 bridgehead atoms. The Hall–Kier alpha value is -4.30. The second-order valence-electron chi connectivity index (χ2n) is 11.6. The summed E-state index contributed by atoms with van der Waals surface area (Å²) < 4.78 is 0. The van der Waals surface area contributed by atoms with Crippen LogP contribution in [0.5, 0.6) is 0 Å². The van der Waals surface area contributed by atoms with Gasteiger partial charge in [0.1, 0.15) is 0 Å². The molecule has 1 amide bonds. The number of nitrogens with one attached hydrogen (secondary N) is 1. The van der Waals surface area contributed by atoms with Crippen LogP contribution in [0.1, 0.15) is 61.5 Å². The first-order valence-corrected chi connectivity index (χ1v) is 14.0. The van der Waals surface area contributed by atoms with Crippen LogP contribution in [0.3, 0.4) is 0 Å². The van der Waals surface area contributed by atoms with E-state index in [0.29, 0.717) is 24.2 Å². The minimum Gasteiger partial charge on any atom is -0.378 e. The molecule has 5 rings (SSSR count). The maximum atomic E-state index is 13.0. The summed E-state index contributed by atoms with van der Waals surface area (Å²) in [7, 11) is 7.55. The van der Waals surface area contributed by atoms with Crippen molar-refractivity contribution in [3.8, 4) is 0 Å². The number of carbonyl (C=O) groups excluding carboxylic acids is 1. The number of aromatic nitrogens is 4. The SMILES string of the molecule is C=C(c1ccc2c(c1)CCc1cc(C(=O)N(C)C)ccc1C2(C[C@H](N)Cc1ccc(C)cc1)c1nnn[nH]1)N(C)C. The average molecular weight is 550 g/mol. The second kappa shape index (κ2) is 11.3. The number of aromatic amines is 1. The van der Waals surface area contributed by atoms with Gasteiger partial charge in [-0.05, 0) is 94.6 Å². The summed E-state index contributed by atoms with van der Waals surface area (Å²) >= 11 is 0. The molecule has 1 heterocycles. The summed E-state index contributed by atoms with van der Waals surface area (Å²) in [5, 5.41) is 15.7. The van der Waals surface area contributed by atoms with Crippen LogP contribution >= 0.6 is 0 Å². The molecule has 2 atom stereocenters. The Kier molecular flexibility index (Phi) is 7.78. The van der Waals surface area contributed by atoms with Gasteiger partial charge < -0.3 is 15.5 Å². The first-order chi connectivity index (χ1) is 19.6. The molecule has 3 aromatic carbocycles. The van der Waals surface area contributed by atoms with Gasteiger partial charge in [-0.3, -0.25) is 4.79 Å². The van der Waals surface area contributed by atoms with E-state index in [4.69, 9.17) is 5.73 Å². The zero-order valence-corrected chi connectivity index (χ0v) is 24.6. The number of H-pyrrole nitrogens is 1. The van der Waals surface area contributed by atoms with Crippen LogP contribution in [0.25, 0.3) is 5.70 Å². The lowest BCUT2D eigenvalue weighted by atomic mass is 9.67. The highest BCUT2D eigenvalue weighted by atomic mass is 16.2. The van der Waals surface area contributed by atoms with Crippen molar-refractivity contribution >= 4 is 11.6 Å². The standard InChI is InChI=1S/C33H39N7O/c1-21-7-9-23(10-8-21)17-28(34)20-33(32-35-37-38-36-32)29-15-13-24(22(2)39(3)4)18-25(29)11-12-26-19-27(14-16-30(26)33)31(41)40(5)6/h7-10,13-16,18-19,28H,2,11-12,17,20,34H2,1,3-6H3,(H,35,36,37,38)/t28-,33?/m1/s1. The van der Waals surface area contributed by atoms with E-state index in [-0.39, 0.29) is 11.9 Å². The lowest BCUT2D eigenvalue weighted by Crippen LogP contribution is -2.40. The molecule has 4 aromatic rings. The molecule has 3 N–H and O–H groups in total. The number of rotatable bonds is 8. The van der Waals surface area contributed by atoms with Crippen LogP contribution in [0.2, 0.25) is 0 Å². The van der Waals surface area contributed by atoms with E-state index in [1.165, 1.54) is 16.7 Å². The number of tetrazole rings is 1. The monoisotopic (exact) mass is 549 g/mol. The topological polar surface area (TPSA) is 104 Å². The highest BCUT2D eigenvalue weighted by Crippen LogP contribution is 2.47. The number of benzene rings is 3. The van der Waals surface area contributed by atoms with Crippen molar-refractivity contribution in [3.63, 3.8) is 0 Å². The number of hydrogen-bond donors (Lipinski definition) is 2. The number of aryl methyl sites for hydroxylation is 3. The molecule has 8 heteroatoms. The van der Waals surface area contributed by atoms with Crippen molar-refractivity contribution in [2.75, 3.05) is 28.2 Å². The summed E-state index contributed by atoms with van der Waals surface area (Å²) in [4.78, 5) is 16.6. The number of fused-ring (bicyclic) bond motifs is 2. The lowest BCUT2D eigenvalue weighted by Gasteiger charge is -2.36. The Morgan fingerprint density at radius 3 is 2.12 bits per heavy atom. The van der Waals surface area contributed by atoms with E-state index >= 15 is 0 Å². The molecule has 8 nitrogen and oxygen atoms in total. The molecular formula is C33H39N7O. The highest BCUT2D eigenvalue weighted by molar-refractivity contribution is 5.94. The molecule has 0 aliphatic heterocycles. The summed E-state index contributed by atoms with van der Waals surface area (Å²) in [5.74, 6) is 0.620. The second-order valence-corrected chi connectivity index (χ2v) is 11.6. The van der Waals surface area contributed by atoms with Crippen LogP contribution in [0.15, 0.2) is 67.2 Å². The van der Waals surface area contributed by atoms with Crippen LogP contribution in [0.4, 0.5) is 0 Å². The van der Waals surface area contributed by atoms with Gasteiger partial charge in [-0.1, -0.05) is 54.6 Å². The fourth-order valence-corrected chi connectivity index (χ4v) is 6.08. The summed E-state index contributed by atoms with van der Waals surface area (Å²) in [6.45, 7) is 6.38. The maximum absolute atomic E-state index is 13.0. The summed E-state index contributed by atoms with van der Waals surface area (Å²) in [6.07, 6.45) is 2.85. The zero-order chi connectivity index (χ0) is 29.3. The first kappa shape index (κ1) is 28.2. The molecule has 0 saturated carbocycles. The predicted molar refractivity (Wildman–Crippen MR) is 163 cm³/mol. The van der Waals surface area contributed by atoms with E-state index in [2.05, 4.69) is 82.7 Å². The molecule has 1 aliphatic carbocycles. The molecule has 1 aliphatic rings. The summed E-state index contributed by atoms with van der Waals surface area (Å²) in [6, 6.07) is 20.9. The molecule has 212 valence electrons. The molecule has 0 saturated heterocycles. The normalized spacial score (nSPS) is 16.7. The molecule has 0 fully saturated rings. The van der Waals surface area contributed by atoms with Crippen molar-refractivity contribution < 1.29 is 4.79 Å². The van der Waals surface area contributed by atoms with Gasteiger partial charge >= 0.3 is 0 Å². The number of carbonyl (C=O) groups is 1. The third-order valence-corrected chi connectivity index (χ3v) is 8.26. The van der Waals surface area contributed by atoms with Crippen molar-refractivity contribution in [1.82, 2.24) is 30.4 Å². The molecular weight excluding hydrogens is 510 g/mol. The minimum absolute atomic E-state index is 0.0258. The van der Waals surface area contributed by atoms with E-state index in [0.717, 1.165) is 40.8 Å². The largest absolute Gasteiger partial charge is 0.378 e. The van der Waals surface area contributed by atoms with Crippen LogP contribution in [-0.4, -0.2) is 70.6 Å². The molecule has 0 spiro atoms. The third-order valence-electron chi connectivity index (χ3n) is 8.26. The Bertz CT molecular complexity index is 1480. The zero-order valence-electron chi connectivity index (χ0n) is 24.6. The van der Waals surface area contributed by atoms with Crippen LogP contribution in [-0.2, 0) is 24.7 Å². The van der Waals surface area contributed by atoms with Gasteiger partial charge in [-0.2, -0.15) is 0 Å². The fourth-order valence-electron chi connectivity index (χ4n) is 6.08. The van der Waals surface area contributed by atoms with Gasteiger partial charge in [0.25, 0.3) is 5.91 Å². The number of nitrogens with two attached hydrogens (primary N) is 1. The summed E-state index contributed by atoms with van der Waals surface area (Å²) in [5.41, 5.74) is 15.8. The van der Waals surface area contributed by atoms with Gasteiger partial charge in [-0.25, -0.2) is 5.10 Å². The van der Waals surface area contributed by atoms with Crippen molar-refractivity contribution in [2.24, 2.45) is 5.73 Å². The Morgan fingerprint density at radius 1 is 0.951 bits per heavy atom. The smallest absolute Gasteiger partial charge is 0.253 e. The van der Waals surface area contributed by atoms with Gasteiger partial charge in [-0.15, -0.1) is 5.10 Å². The van der Waals surface area contributed by atoms with Crippen molar-refractivity contribution in [1.29, 1.82) is 0 Å². The van der Waals surface area contributed by atoms with Gasteiger partial charge in [0, 0.05) is 45.5 Å². The fraction of sp³-hybridized carbons (Fsp3) is 0.333. The van der Waals surface area contributed by atoms with Gasteiger partial charge in [0.2, 0.25) is 0 Å². The number of hydrogen-bond acceptors (Lipinski definition) is 6. The van der Waals surface area contributed by atoms with E-state index in [1.807, 2.05) is 31.1 Å². The number of amides is 1. The minimum atomic E-state index is -0.744.